The Kier molecular flexibility index (Phi) is 2.37. The minimum absolute atomic E-state index is 0.942. The lowest BCUT2D eigenvalue weighted by Crippen LogP contribution is -2.02. The molecule has 0 radical (unpaired) electrons. The molecule has 0 unspecified atom stereocenters. The fraction of sp³-hybridized carbons (Fsp3) is 0. The van der Waals surface area contributed by atoms with Crippen LogP contribution in [0, 0.1) is 0 Å². The molecule has 3 rings (SSSR count). The first-order valence-corrected chi connectivity index (χ1v) is 5.61. The molecule has 3 aromatic rings. The standard InChI is InChI=1S/C14H11BN2/c15-12-7-14-13(17-9-12)6-11(8-16-14)10-4-2-1-3-5-10/h1-9H,15H2. The van der Waals surface area contributed by atoms with Gasteiger partial charge in [0.05, 0.1) is 11.0 Å². The van der Waals surface area contributed by atoms with E-state index < -0.39 is 0 Å². The zero-order valence-electron chi connectivity index (χ0n) is 9.59. The molecular formula is C14H11BN2. The lowest BCUT2D eigenvalue weighted by atomic mass is 9.98. The monoisotopic (exact) mass is 218 g/mol. The molecule has 17 heavy (non-hydrogen) atoms. The van der Waals surface area contributed by atoms with Gasteiger partial charge in [0, 0.05) is 18.0 Å². The third kappa shape index (κ3) is 1.92. The summed E-state index contributed by atoms with van der Waals surface area (Å²) in [4.78, 5) is 8.86. The molecule has 0 saturated carbocycles. The largest absolute Gasteiger partial charge is 0.255 e. The molecule has 1 aromatic carbocycles. The number of hydrogen-bond acceptors (Lipinski definition) is 2. The first kappa shape index (κ1) is 10.0. The van der Waals surface area contributed by atoms with Gasteiger partial charge in [0.25, 0.3) is 0 Å². The van der Waals surface area contributed by atoms with Crippen molar-refractivity contribution in [3.8, 4) is 11.1 Å². The number of fused-ring (bicyclic) bond motifs is 1. The molecule has 0 aliphatic rings. The van der Waals surface area contributed by atoms with Crippen molar-refractivity contribution in [3.05, 3.63) is 54.9 Å². The first-order valence-electron chi connectivity index (χ1n) is 5.61. The van der Waals surface area contributed by atoms with E-state index >= 15 is 0 Å². The van der Waals surface area contributed by atoms with Crippen LogP contribution in [0.25, 0.3) is 22.2 Å². The van der Waals surface area contributed by atoms with Gasteiger partial charge in [-0.15, -0.1) is 0 Å². The molecule has 0 N–H and O–H groups in total. The molecule has 0 aliphatic heterocycles. The van der Waals surface area contributed by atoms with Gasteiger partial charge in [-0.05, 0) is 17.7 Å². The van der Waals surface area contributed by atoms with Crippen LogP contribution in [0.2, 0.25) is 0 Å². The average molecular weight is 218 g/mol. The van der Waals surface area contributed by atoms with E-state index in [1.807, 2.05) is 38.4 Å². The van der Waals surface area contributed by atoms with Crippen LogP contribution in [-0.4, -0.2) is 17.8 Å². The van der Waals surface area contributed by atoms with Crippen LogP contribution in [0.15, 0.2) is 54.9 Å². The van der Waals surface area contributed by atoms with Gasteiger partial charge in [0.15, 0.2) is 0 Å². The van der Waals surface area contributed by atoms with Crippen LogP contribution >= 0.6 is 0 Å². The Labute approximate surface area is 101 Å². The van der Waals surface area contributed by atoms with E-state index in [1.165, 1.54) is 5.56 Å². The normalized spacial score (nSPS) is 10.6. The van der Waals surface area contributed by atoms with Crippen molar-refractivity contribution in [3.63, 3.8) is 0 Å². The lowest BCUT2D eigenvalue weighted by Gasteiger charge is -2.03. The fourth-order valence-electron chi connectivity index (χ4n) is 1.89. The second-order valence-corrected chi connectivity index (χ2v) is 4.14. The van der Waals surface area contributed by atoms with Crippen molar-refractivity contribution in [1.82, 2.24) is 9.97 Å². The summed E-state index contributed by atoms with van der Waals surface area (Å²) in [5.41, 5.74) is 5.30. The van der Waals surface area contributed by atoms with Gasteiger partial charge in [0.1, 0.15) is 7.85 Å². The zero-order valence-corrected chi connectivity index (χ0v) is 9.59. The Balaban J connectivity index is 2.17. The van der Waals surface area contributed by atoms with E-state index in [4.69, 9.17) is 0 Å². The maximum atomic E-state index is 4.46. The molecule has 0 atom stereocenters. The Hall–Kier alpha value is -2.16. The van der Waals surface area contributed by atoms with Crippen LogP contribution in [0.3, 0.4) is 0 Å². The summed E-state index contributed by atoms with van der Waals surface area (Å²) in [6.07, 6.45) is 3.78. The third-order valence-corrected chi connectivity index (χ3v) is 2.78. The molecule has 0 spiro atoms. The third-order valence-electron chi connectivity index (χ3n) is 2.78. The smallest absolute Gasteiger partial charge is 0.141 e. The lowest BCUT2D eigenvalue weighted by molar-refractivity contribution is 1.35. The van der Waals surface area contributed by atoms with E-state index in [0.29, 0.717) is 0 Å². The highest BCUT2D eigenvalue weighted by Crippen LogP contribution is 2.20. The van der Waals surface area contributed by atoms with Crippen LogP contribution in [-0.2, 0) is 0 Å². The predicted molar refractivity (Wildman–Crippen MR) is 73.2 cm³/mol. The molecular weight excluding hydrogens is 207 g/mol. The van der Waals surface area contributed by atoms with Crippen LogP contribution in [0.5, 0.6) is 0 Å². The summed E-state index contributed by atoms with van der Waals surface area (Å²) in [6.45, 7) is 0. The second kappa shape index (κ2) is 4.02. The highest BCUT2D eigenvalue weighted by molar-refractivity contribution is 6.32. The van der Waals surface area contributed by atoms with Gasteiger partial charge < -0.3 is 0 Å². The summed E-state index contributed by atoms with van der Waals surface area (Å²) in [5.74, 6) is 0. The van der Waals surface area contributed by atoms with Gasteiger partial charge in [-0.25, -0.2) is 0 Å². The van der Waals surface area contributed by atoms with Crippen molar-refractivity contribution in [1.29, 1.82) is 0 Å². The van der Waals surface area contributed by atoms with Gasteiger partial charge in [-0.3, -0.25) is 9.97 Å². The zero-order chi connectivity index (χ0) is 11.7. The molecule has 80 valence electrons. The van der Waals surface area contributed by atoms with Gasteiger partial charge in [0.2, 0.25) is 0 Å². The summed E-state index contributed by atoms with van der Waals surface area (Å²) >= 11 is 0. The Bertz CT molecular complexity index is 665. The highest BCUT2D eigenvalue weighted by atomic mass is 14.7. The maximum Gasteiger partial charge on any atom is 0.141 e. The van der Waals surface area contributed by atoms with Crippen molar-refractivity contribution >= 4 is 24.3 Å². The van der Waals surface area contributed by atoms with E-state index in [9.17, 15) is 0 Å². The molecule has 0 fully saturated rings. The average Bonchev–Trinajstić information content (AvgIpc) is 2.39. The van der Waals surface area contributed by atoms with Crippen molar-refractivity contribution < 1.29 is 0 Å². The Morgan fingerprint density at radius 3 is 2.29 bits per heavy atom. The number of rotatable bonds is 1. The SMILES string of the molecule is Bc1cnc2cc(-c3ccccc3)cnc2c1. The predicted octanol–water partition coefficient (Wildman–Crippen LogP) is 1.56. The number of aromatic nitrogens is 2. The highest BCUT2D eigenvalue weighted by Gasteiger charge is 2.01. The summed E-state index contributed by atoms with van der Waals surface area (Å²) in [6, 6.07) is 14.4. The number of nitrogens with zero attached hydrogens (tertiary/aromatic N) is 2. The van der Waals surface area contributed by atoms with Crippen molar-refractivity contribution in [2.45, 2.75) is 0 Å². The summed E-state index contributed by atoms with van der Waals surface area (Å²) in [7, 11) is 2.03. The van der Waals surface area contributed by atoms with E-state index in [-0.39, 0.29) is 0 Å². The van der Waals surface area contributed by atoms with Crippen LogP contribution in [0.4, 0.5) is 0 Å². The molecule has 2 aromatic heterocycles. The molecule has 3 heteroatoms. The van der Waals surface area contributed by atoms with Gasteiger partial charge >= 0.3 is 0 Å². The number of benzene rings is 1. The van der Waals surface area contributed by atoms with Gasteiger partial charge in [-0.2, -0.15) is 0 Å². The Morgan fingerprint density at radius 2 is 1.47 bits per heavy atom. The topological polar surface area (TPSA) is 25.8 Å². The molecule has 0 bridgehead atoms. The van der Waals surface area contributed by atoms with Crippen molar-refractivity contribution in [2.24, 2.45) is 0 Å². The van der Waals surface area contributed by atoms with E-state index in [0.717, 1.165) is 22.1 Å². The number of hydrogen-bond donors (Lipinski definition) is 0. The Morgan fingerprint density at radius 1 is 0.765 bits per heavy atom. The maximum absolute atomic E-state index is 4.46. The van der Waals surface area contributed by atoms with E-state index in [1.54, 1.807) is 0 Å². The summed E-state index contributed by atoms with van der Waals surface area (Å²) < 4.78 is 0. The quantitative estimate of drug-likeness (QED) is 0.579. The van der Waals surface area contributed by atoms with Gasteiger partial charge in [-0.1, -0.05) is 35.8 Å². The van der Waals surface area contributed by atoms with Crippen LogP contribution < -0.4 is 5.46 Å². The van der Waals surface area contributed by atoms with E-state index in [2.05, 4.69) is 34.2 Å². The molecule has 2 nitrogen and oxygen atoms in total. The van der Waals surface area contributed by atoms with Crippen molar-refractivity contribution in [2.75, 3.05) is 0 Å². The first-order chi connectivity index (χ1) is 8.33. The minimum Gasteiger partial charge on any atom is -0.255 e. The minimum atomic E-state index is 0.942. The second-order valence-electron chi connectivity index (χ2n) is 4.14. The molecule has 0 aliphatic carbocycles. The summed E-state index contributed by atoms with van der Waals surface area (Å²) in [5, 5.41) is 0. The molecule has 0 saturated heterocycles. The number of pyridine rings is 2. The van der Waals surface area contributed by atoms with Crippen LogP contribution in [0.1, 0.15) is 0 Å². The molecule has 2 heterocycles. The fourth-order valence-corrected chi connectivity index (χ4v) is 1.89. The molecule has 0 amide bonds.